The molecule has 0 aliphatic carbocycles. The normalized spacial score (nSPS) is 19.8. The minimum atomic E-state index is -0.352. The van der Waals surface area contributed by atoms with Crippen LogP contribution in [0, 0.1) is 0 Å². The quantitative estimate of drug-likeness (QED) is 0.792. The number of carbonyl (C=O) groups excluding carboxylic acids is 2. The molecule has 18 heavy (non-hydrogen) atoms. The van der Waals surface area contributed by atoms with E-state index in [0.717, 1.165) is 11.4 Å². The lowest BCUT2D eigenvalue weighted by atomic mass is 10.1. The van der Waals surface area contributed by atoms with Gasteiger partial charge in [0.1, 0.15) is 6.04 Å². The Balaban J connectivity index is 2.01. The summed E-state index contributed by atoms with van der Waals surface area (Å²) in [6, 6.07) is 3.50. The number of rotatable bonds is 3. The average Bonchev–Trinajstić information content (AvgIpc) is 2.33. The molecule has 5 heteroatoms. The van der Waals surface area contributed by atoms with E-state index in [1.807, 2.05) is 12.1 Å². The van der Waals surface area contributed by atoms with E-state index in [2.05, 4.69) is 29.5 Å². The number of anilines is 1. The largest absolute Gasteiger partial charge is 0.372 e. The smallest absolute Gasteiger partial charge is 0.249 e. The number of hydrogen-bond donors (Lipinski definition) is 2. The second-order valence-corrected chi connectivity index (χ2v) is 4.77. The molecule has 5 nitrogen and oxygen atoms in total. The molecule has 2 rings (SSSR count). The van der Waals surface area contributed by atoms with Crippen molar-refractivity contribution in [3.05, 3.63) is 24.0 Å². The van der Waals surface area contributed by atoms with Crippen LogP contribution >= 0.6 is 0 Å². The Morgan fingerprint density at radius 2 is 2.17 bits per heavy atom. The number of nitrogens with one attached hydrogen (secondary N) is 2. The molecule has 1 aliphatic rings. The second kappa shape index (κ2) is 5.16. The molecule has 0 radical (unpaired) electrons. The number of carbonyl (C=O) groups is 2. The van der Waals surface area contributed by atoms with Crippen LogP contribution in [0.25, 0.3) is 0 Å². The number of aromatic nitrogens is 1. The van der Waals surface area contributed by atoms with Crippen LogP contribution in [0.3, 0.4) is 0 Å². The van der Waals surface area contributed by atoms with E-state index in [0.29, 0.717) is 18.8 Å². The van der Waals surface area contributed by atoms with Gasteiger partial charge in [0.05, 0.1) is 11.9 Å². The van der Waals surface area contributed by atoms with Crippen molar-refractivity contribution in [2.75, 3.05) is 5.32 Å². The molecule has 0 aromatic carbocycles. The molecule has 1 fully saturated rings. The zero-order valence-corrected chi connectivity index (χ0v) is 10.6. The Bertz CT molecular complexity index is 454. The highest BCUT2D eigenvalue weighted by atomic mass is 16.2. The lowest BCUT2D eigenvalue weighted by Gasteiger charge is -2.22. The maximum atomic E-state index is 11.6. The van der Waals surface area contributed by atoms with Gasteiger partial charge in [-0.1, -0.05) is 13.8 Å². The zero-order valence-electron chi connectivity index (χ0n) is 10.6. The molecule has 2 amide bonds. The van der Waals surface area contributed by atoms with Gasteiger partial charge >= 0.3 is 0 Å². The van der Waals surface area contributed by atoms with Crippen LogP contribution in [0.1, 0.15) is 38.3 Å². The number of hydrogen-bond acceptors (Lipinski definition) is 4. The summed E-state index contributed by atoms with van der Waals surface area (Å²) in [5.41, 5.74) is 1.82. The molecular weight excluding hydrogens is 230 g/mol. The van der Waals surface area contributed by atoms with Crippen molar-refractivity contribution < 1.29 is 9.59 Å². The summed E-state index contributed by atoms with van der Waals surface area (Å²) in [6.07, 6.45) is 2.62. The van der Waals surface area contributed by atoms with E-state index in [1.54, 1.807) is 6.20 Å². The molecule has 1 saturated heterocycles. The van der Waals surface area contributed by atoms with Crippen molar-refractivity contribution in [2.45, 2.75) is 38.6 Å². The highest BCUT2D eigenvalue weighted by molar-refractivity contribution is 6.01. The third-order valence-electron chi connectivity index (χ3n) is 2.96. The summed E-state index contributed by atoms with van der Waals surface area (Å²) >= 11 is 0. The predicted molar refractivity (Wildman–Crippen MR) is 68.1 cm³/mol. The zero-order chi connectivity index (χ0) is 13.1. The Labute approximate surface area is 106 Å². The Hall–Kier alpha value is -1.91. The van der Waals surface area contributed by atoms with Crippen LogP contribution in [0.4, 0.5) is 5.69 Å². The number of pyridine rings is 1. The minimum Gasteiger partial charge on any atom is -0.372 e. The van der Waals surface area contributed by atoms with Gasteiger partial charge in [-0.05, 0) is 24.5 Å². The topological polar surface area (TPSA) is 71.1 Å². The number of amides is 2. The molecule has 1 aromatic heterocycles. The van der Waals surface area contributed by atoms with E-state index in [4.69, 9.17) is 0 Å². The second-order valence-electron chi connectivity index (χ2n) is 4.77. The fourth-order valence-corrected chi connectivity index (χ4v) is 1.86. The van der Waals surface area contributed by atoms with Crippen molar-refractivity contribution >= 4 is 17.5 Å². The molecule has 0 bridgehead atoms. The van der Waals surface area contributed by atoms with Crippen molar-refractivity contribution in [2.24, 2.45) is 0 Å². The lowest BCUT2D eigenvalue weighted by molar-refractivity contribution is -0.133. The van der Waals surface area contributed by atoms with Crippen molar-refractivity contribution in [1.29, 1.82) is 0 Å². The first-order valence-corrected chi connectivity index (χ1v) is 6.12. The van der Waals surface area contributed by atoms with Crippen molar-refractivity contribution in [3.63, 3.8) is 0 Å². The first-order chi connectivity index (χ1) is 8.56. The summed E-state index contributed by atoms with van der Waals surface area (Å²) < 4.78 is 0. The summed E-state index contributed by atoms with van der Waals surface area (Å²) in [6.45, 7) is 4.16. The van der Waals surface area contributed by atoms with Crippen LogP contribution in [-0.4, -0.2) is 22.8 Å². The van der Waals surface area contributed by atoms with E-state index in [-0.39, 0.29) is 17.9 Å². The lowest BCUT2D eigenvalue weighted by Crippen LogP contribution is -2.47. The summed E-state index contributed by atoms with van der Waals surface area (Å²) in [5, 5.41) is 5.41. The van der Waals surface area contributed by atoms with Gasteiger partial charge in [-0.25, -0.2) is 0 Å². The van der Waals surface area contributed by atoms with Gasteiger partial charge in [-0.3, -0.25) is 19.9 Å². The molecule has 0 saturated carbocycles. The SMILES string of the molecule is CC(C)c1ccc(N[C@H]2CCC(=O)NC2=O)cn1. The highest BCUT2D eigenvalue weighted by Gasteiger charge is 2.26. The Morgan fingerprint density at radius 1 is 1.39 bits per heavy atom. The molecule has 1 atom stereocenters. The van der Waals surface area contributed by atoms with Gasteiger partial charge in [0.15, 0.2) is 0 Å². The maximum Gasteiger partial charge on any atom is 0.249 e. The fraction of sp³-hybridized carbons (Fsp3) is 0.462. The van der Waals surface area contributed by atoms with Crippen LogP contribution in [0.2, 0.25) is 0 Å². The standard InChI is InChI=1S/C13H17N3O2/c1-8(2)10-4-3-9(7-14-10)15-11-5-6-12(17)16-13(11)18/h3-4,7-8,11,15H,5-6H2,1-2H3,(H,16,17,18)/t11-/m0/s1. The molecule has 0 unspecified atom stereocenters. The highest BCUT2D eigenvalue weighted by Crippen LogP contribution is 2.16. The van der Waals surface area contributed by atoms with Gasteiger partial charge in [-0.2, -0.15) is 0 Å². The molecule has 96 valence electrons. The summed E-state index contributed by atoms with van der Waals surface area (Å²) in [7, 11) is 0. The summed E-state index contributed by atoms with van der Waals surface area (Å²) in [5.74, 6) is -0.0832. The van der Waals surface area contributed by atoms with Crippen LogP contribution in [0.5, 0.6) is 0 Å². The minimum absolute atomic E-state index is 0.202. The van der Waals surface area contributed by atoms with Gasteiger partial charge in [-0.15, -0.1) is 0 Å². The van der Waals surface area contributed by atoms with Crippen LogP contribution < -0.4 is 10.6 Å². The van der Waals surface area contributed by atoms with Gasteiger partial charge in [0.2, 0.25) is 11.8 Å². The predicted octanol–water partition coefficient (Wildman–Crippen LogP) is 1.42. The van der Waals surface area contributed by atoms with Gasteiger partial charge < -0.3 is 5.32 Å². The molecule has 0 spiro atoms. The number of imide groups is 1. The van der Waals surface area contributed by atoms with Crippen molar-refractivity contribution in [1.82, 2.24) is 10.3 Å². The molecule has 2 heterocycles. The number of nitrogens with zero attached hydrogens (tertiary/aromatic N) is 1. The van der Waals surface area contributed by atoms with E-state index in [9.17, 15) is 9.59 Å². The average molecular weight is 247 g/mol. The van der Waals surface area contributed by atoms with Crippen molar-refractivity contribution in [3.8, 4) is 0 Å². The fourth-order valence-electron chi connectivity index (χ4n) is 1.86. The molecule has 1 aromatic rings. The van der Waals surface area contributed by atoms with Crippen LogP contribution in [0.15, 0.2) is 18.3 Å². The molecule has 2 N–H and O–H groups in total. The third-order valence-corrected chi connectivity index (χ3v) is 2.96. The Morgan fingerprint density at radius 3 is 2.72 bits per heavy atom. The summed E-state index contributed by atoms with van der Waals surface area (Å²) in [4.78, 5) is 26.9. The maximum absolute atomic E-state index is 11.6. The third kappa shape index (κ3) is 2.85. The van der Waals surface area contributed by atoms with Gasteiger partial charge in [0.25, 0.3) is 0 Å². The van der Waals surface area contributed by atoms with E-state index < -0.39 is 0 Å². The monoisotopic (exact) mass is 247 g/mol. The molecule has 1 aliphatic heterocycles. The molecular formula is C13H17N3O2. The Kier molecular flexibility index (Phi) is 3.60. The first kappa shape index (κ1) is 12.5. The van der Waals surface area contributed by atoms with Gasteiger partial charge in [0, 0.05) is 12.1 Å². The number of piperidine rings is 1. The first-order valence-electron chi connectivity index (χ1n) is 6.12. The van der Waals surface area contributed by atoms with Crippen LogP contribution in [-0.2, 0) is 9.59 Å². The van der Waals surface area contributed by atoms with E-state index >= 15 is 0 Å². The van der Waals surface area contributed by atoms with E-state index in [1.165, 1.54) is 0 Å².